The number of hydrogen-bond donors (Lipinski definition) is 1. The van der Waals surface area contributed by atoms with Gasteiger partial charge >= 0.3 is 0 Å². The van der Waals surface area contributed by atoms with Crippen molar-refractivity contribution in [3.05, 3.63) is 42.1 Å². The van der Waals surface area contributed by atoms with Crippen molar-refractivity contribution in [2.24, 2.45) is 0 Å². The molecule has 32 heavy (non-hydrogen) atoms. The fourth-order valence-corrected chi connectivity index (χ4v) is 4.31. The molecule has 1 saturated heterocycles. The van der Waals surface area contributed by atoms with E-state index in [-0.39, 0.29) is 30.3 Å². The zero-order valence-electron chi connectivity index (χ0n) is 17.7. The first-order valence-corrected chi connectivity index (χ1v) is 11.4. The van der Waals surface area contributed by atoms with E-state index in [2.05, 4.69) is 10.3 Å². The zero-order chi connectivity index (χ0) is 22.5. The number of anilines is 1. The van der Waals surface area contributed by atoms with Crippen molar-refractivity contribution >= 4 is 35.2 Å². The quantitative estimate of drug-likeness (QED) is 0.665. The van der Waals surface area contributed by atoms with E-state index in [4.69, 9.17) is 9.47 Å². The molecule has 0 radical (unpaired) electrons. The minimum atomic E-state index is -0.218. The third-order valence-electron chi connectivity index (χ3n) is 5.22. The number of thioether (sulfide) groups is 1. The van der Waals surface area contributed by atoms with Gasteiger partial charge in [-0.25, -0.2) is 4.98 Å². The second-order valence-electron chi connectivity index (χ2n) is 7.29. The lowest BCUT2D eigenvalue weighted by Gasteiger charge is -2.34. The van der Waals surface area contributed by atoms with Crippen molar-refractivity contribution in [3.8, 4) is 11.5 Å². The maximum Gasteiger partial charge on any atom is 0.256 e. The highest BCUT2D eigenvalue weighted by atomic mass is 32.2. The Morgan fingerprint density at radius 1 is 1.06 bits per heavy atom. The van der Waals surface area contributed by atoms with Gasteiger partial charge in [-0.2, -0.15) is 0 Å². The van der Waals surface area contributed by atoms with Crippen LogP contribution in [0.3, 0.4) is 0 Å². The Balaban J connectivity index is 1.34. The van der Waals surface area contributed by atoms with Crippen molar-refractivity contribution in [2.75, 3.05) is 44.0 Å². The molecule has 9 nitrogen and oxygen atoms in total. The van der Waals surface area contributed by atoms with E-state index in [0.717, 1.165) is 0 Å². The zero-order valence-corrected chi connectivity index (χ0v) is 18.5. The van der Waals surface area contributed by atoms with Crippen molar-refractivity contribution in [3.63, 3.8) is 0 Å². The Morgan fingerprint density at radius 3 is 2.59 bits per heavy atom. The van der Waals surface area contributed by atoms with Gasteiger partial charge in [0.25, 0.3) is 5.91 Å². The van der Waals surface area contributed by atoms with Gasteiger partial charge in [0.1, 0.15) is 5.03 Å². The summed E-state index contributed by atoms with van der Waals surface area (Å²) in [5, 5.41) is 3.32. The SMILES string of the molecule is CCC(=O)N1CCN(C(=O)c2cccnc2SCC(=O)Nc2ccc3c(c2)OCO3)CC1. The average molecular weight is 457 g/mol. The number of carbonyl (C=O) groups excluding carboxylic acids is 3. The Hall–Kier alpha value is -3.27. The summed E-state index contributed by atoms with van der Waals surface area (Å²) in [4.78, 5) is 45.2. The minimum Gasteiger partial charge on any atom is -0.454 e. The van der Waals surface area contributed by atoms with Crippen LogP contribution in [0.25, 0.3) is 0 Å². The number of carbonyl (C=O) groups is 3. The van der Waals surface area contributed by atoms with Gasteiger partial charge in [-0.05, 0) is 24.3 Å². The molecule has 0 spiro atoms. The second kappa shape index (κ2) is 9.90. The third kappa shape index (κ3) is 4.96. The van der Waals surface area contributed by atoms with E-state index in [9.17, 15) is 14.4 Å². The summed E-state index contributed by atoms with van der Waals surface area (Å²) in [6, 6.07) is 8.63. The largest absolute Gasteiger partial charge is 0.454 e. The van der Waals surface area contributed by atoms with Crippen LogP contribution in [0.2, 0.25) is 0 Å². The van der Waals surface area contributed by atoms with Crippen molar-refractivity contribution in [1.82, 2.24) is 14.8 Å². The first-order valence-electron chi connectivity index (χ1n) is 10.4. The monoisotopic (exact) mass is 456 g/mol. The topological polar surface area (TPSA) is 101 Å². The molecule has 0 bridgehead atoms. The lowest BCUT2D eigenvalue weighted by molar-refractivity contribution is -0.132. The smallest absolute Gasteiger partial charge is 0.256 e. The summed E-state index contributed by atoms with van der Waals surface area (Å²) < 4.78 is 10.6. The molecule has 0 unspecified atom stereocenters. The molecule has 3 heterocycles. The summed E-state index contributed by atoms with van der Waals surface area (Å²) in [6.07, 6.45) is 2.07. The predicted molar refractivity (Wildman–Crippen MR) is 119 cm³/mol. The molecule has 2 aliphatic heterocycles. The van der Waals surface area contributed by atoms with Gasteiger partial charge in [-0.15, -0.1) is 0 Å². The van der Waals surface area contributed by atoms with E-state index in [1.807, 2.05) is 6.92 Å². The number of piperazine rings is 1. The molecule has 2 aromatic rings. The molecule has 0 saturated carbocycles. The normalized spacial score (nSPS) is 14.9. The molecule has 1 aromatic heterocycles. The lowest BCUT2D eigenvalue weighted by Crippen LogP contribution is -2.50. The molecule has 0 atom stereocenters. The Bertz CT molecular complexity index is 1020. The molecular weight excluding hydrogens is 432 g/mol. The van der Waals surface area contributed by atoms with Gasteiger partial charge in [0.2, 0.25) is 18.6 Å². The summed E-state index contributed by atoms with van der Waals surface area (Å²) in [7, 11) is 0. The highest BCUT2D eigenvalue weighted by molar-refractivity contribution is 8.00. The number of aromatic nitrogens is 1. The number of ether oxygens (including phenoxy) is 2. The number of hydrogen-bond acceptors (Lipinski definition) is 7. The average Bonchev–Trinajstić information content (AvgIpc) is 3.30. The molecule has 3 amide bonds. The summed E-state index contributed by atoms with van der Waals surface area (Å²) in [6.45, 7) is 4.02. The van der Waals surface area contributed by atoms with Crippen LogP contribution in [-0.2, 0) is 9.59 Å². The van der Waals surface area contributed by atoms with Gasteiger partial charge in [-0.1, -0.05) is 18.7 Å². The standard InChI is InChI=1S/C22H24N4O5S/c1-2-20(28)25-8-10-26(11-9-25)22(29)16-4-3-7-23-21(16)32-13-19(27)24-15-5-6-17-18(12-15)31-14-30-17/h3-7,12H,2,8-11,13-14H2,1H3,(H,24,27). The highest BCUT2D eigenvalue weighted by Crippen LogP contribution is 2.34. The molecule has 1 fully saturated rings. The van der Waals surface area contributed by atoms with E-state index >= 15 is 0 Å². The van der Waals surface area contributed by atoms with Crippen LogP contribution in [0.1, 0.15) is 23.7 Å². The minimum absolute atomic E-state index is 0.100. The number of pyridine rings is 1. The van der Waals surface area contributed by atoms with Crippen LogP contribution in [0.15, 0.2) is 41.6 Å². The van der Waals surface area contributed by atoms with Gasteiger partial charge in [0.15, 0.2) is 11.5 Å². The fourth-order valence-electron chi connectivity index (χ4n) is 3.53. The number of nitrogens with one attached hydrogen (secondary N) is 1. The summed E-state index contributed by atoms with van der Waals surface area (Å²) in [5.74, 6) is 1.08. The van der Waals surface area contributed by atoms with Crippen LogP contribution in [-0.4, -0.2) is 71.2 Å². The first-order chi connectivity index (χ1) is 15.5. The second-order valence-corrected chi connectivity index (χ2v) is 8.25. The maximum absolute atomic E-state index is 13.1. The molecule has 168 valence electrons. The Labute approximate surface area is 190 Å². The summed E-state index contributed by atoms with van der Waals surface area (Å²) in [5.41, 5.74) is 1.07. The van der Waals surface area contributed by atoms with E-state index in [1.165, 1.54) is 11.8 Å². The first kappa shape index (κ1) is 21.9. The van der Waals surface area contributed by atoms with Crippen molar-refractivity contribution in [1.29, 1.82) is 0 Å². The van der Waals surface area contributed by atoms with E-state index in [0.29, 0.717) is 60.4 Å². The lowest BCUT2D eigenvalue weighted by atomic mass is 10.2. The molecule has 4 rings (SSSR count). The number of benzene rings is 1. The summed E-state index contributed by atoms with van der Waals surface area (Å²) >= 11 is 1.21. The van der Waals surface area contributed by atoms with Gasteiger partial charge in [-0.3, -0.25) is 14.4 Å². The van der Waals surface area contributed by atoms with Gasteiger partial charge < -0.3 is 24.6 Å². The van der Waals surface area contributed by atoms with Gasteiger partial charge in [0, 0.05) is 50.6 Å². The molecule has 0 aliphatic carbocycles. The molecule has 1 aromatic carbocycles. The highest BCUT2D eigenvalue weighted by Gasteiger charge is 2.26. The van der Waals surface area contributed by atoms with Crippen LogP contribution in [0, 0.1) is 0 Å². The van der Waals surface area contributed by atoms with Crippen LogP contribution in [0.4, 0.5) is 5.69 Å². The third-order valence-corrected chi connectivity index (χ3v) is 6.23. The Morgan fingerprint density at radius 2 is 1.81 bits per heavy atom. The number of rotatable bonds is 6. The van der Waals surface area contributed by atoms with Crippen molar-refractivity contribution in [2.45, 2.75) is 18.4 Å². The number of amides is 3. The number of fused-ring (bicyclic) bond motifs is 1. The van der Waals surface area contributed by atoms with Gasteiger partial charge in [0.05, 0.1) is 11.3 Å². The van der Waals surface area contributed by atoms with Crippen LogP contribution < -0.4 is 14.8 Å². The molecule has 1 N–H and O–H groups in total. The van der Waals surface area contributed by atoms with Crippen LogP contribution >= 0.6 is 11.8 Å². The maximum atomic E-state index is 13.1. The predicted octanol–water partition coefficient (Wildman–Crippen LogP) is 2.24. The fraction of sp³-hybridized carbons (Fsp3) is 0.364. The van der Waals surface area contributed by atoms with Crippen molar-refractivity contribution < 1.29 is 23.9 Å². The molecular formula is C22H24N4O5S. The van der Waals surface area contributed by atoms with Crippen LogP contribution in [0.5, 0.6) is 11.5 Å². The number of nitrogens with zero attached hydrogens (tertiary/aromatic N) is 3. The molecule has 10 heteroatoms. The molecule has 2 aliphatic rings. The Kier molecular flexibility index (Phi) is 6.79. The van der Waals surface area contributed by atoms with E-state index in [1.54, 1.807) is 46.3 Å². The van der Waals surface area contributed by atoms with E-state index < -0.39 is 0 Å².